The highest BCUT2D eigenvalue weighted by atomic mass is 32.1. The average molecular weight is 745 g/mol. The zero-order valence-corrected chi connectivity index (χ0v) is 28.7. The predicted octanol–water partition coefficient (Wildman–Crippen LogP) is 9.27. The third kappa shape index (κ3) is 8.34. The molecule has 2 aromatic carbocycles. The van der Waals surface area contributed by atoms with Gasteiger partial charge < -0.3 is 20.5 Å². The summed E-state index contributed by atoms with van der Waals surface area (Å²) in [5, 5.41) is 16.7. The summed E-state index contributed by atoms with van der Waals surface area (Å²) in [7, 11) is 1.27. The Bertz CT molecular complexity index is 2220. The maximum Gasteiger partial charge on any atom is 0.416 e. The van der Waals surface area contributed by atoms with Crippen LogP contribution in [-0.4, -0.2) is 42.1 Å². The molecule has 0 aliphatic rings. The van der Waals surface area contributed by atoms with E-state index < -0.39 is 29.2 Å². The molecule has 6 rings (SSSR count). The lowest BCUT2D eigenvalue weighted by Gasteiger charge is -2.12. The van der Waals surface area contributed by atoms with Crippen molar-refractivity contribution in [2.24, 2.45) is 0 Å². The zero-order valence-electron chi connectivity index (χ0n) is 27.0. The van der Waals surface area contributed by atoms with Gasteiger partial charge in [0.25, 0.3) is 0 Å². The van der Waals surface area contributed by atoms with Crippen LogP contribution < -0.4 is 15.4 Å². The molecule has 0 bridgehead atoms. The summed E-state index contributed by atoms with van der Waals surface area (Å²) in [5.74, 6) is -0.552. The minimum atomic E-state index is -4.69. The molecule has 4 aromatic heterocycles. The van der Waals surface area contributed by atoms with E-state index in [9.17, 15) is 31.4 Å². The van der Waals surface area contributed by atoms with Crippen LogP contribution in [0.2, 0.25) is 0 Å². The summed E-state index contributed by atoms with van der Waals surface area (Å²) in [4.78, 5) is 28.7. The van der Waals surface area contributed by atoms with Gasteiger partial charge in [0.1, 0.15) is 32.9 Å². The summed E-state index contributed by atoms with van der Waals surface area (Å²) in [6.07, 6.45) is -7.58. The first kappa shape index (κ1) is 35.5. The van der Waals surface area contributed by atoms with Crippen molar-refractivity contribution in [1.29, 1.82) is 0 Å². The summed E-state index contributed by atoms with van der Waals surface area (Å²) in [5.41, 5.74) is 0.888. The quantitative estimate of drug-likeness (QED) is 0.123. The number of aryl methyl sites for hydroxylation is 3. The summed E-state index contributed by atoms with van der Waals surface area (Å²) in [6, 6.07) is 9.16. The number of hydrogen-bond acceptors (Lipinski definition) is 12. The van der Waals surface area contributed by atoms with Crippen LogP contribution in [0.5, 0.6) is 11.5 Å². The Balaban J connectivity index is 1.30. The van der Waals surface area contributed by atoms with Crippen LogP contribution in [0.4, 0.5) is 49.6 Å². The van der Waals surface area contributed by atoms with Gasteiger partial charge in [-0.1, -0.05) is 0 Å². The molecular weight excluding hydrogens is 719 g/mol. The third-order valence-corrected chi connectivity index (χ3v) is 9.64. The number of rotatable bonds is 9. The van der Waals surface area contributed by atoms with Crippen molar-refractivity contribution in [3.05, 3.63) is 92.7 Å². The highest BCUT2D eigenvalue weighted by Gasteiger charge is 2.32. The first-order valence-corrected chi connectivity index (χ1v) is 16.5. The Hall–Kier alpha value is -5.36. The van der Waals surface area contributed by atoms with E-state index in [2.05, 4.69) is 40.5 Å². The number of nitrogens with one attached hydrogen (secondary N) is 2. The molecule has 0 amide bonds. The number of aromatic hydroxyl groups is 1. The number of hydrogen-bond donors (Lipinski definition) is 3. The van der Waals surface area contributed by atoms with Gasteiger partial charge in [-0.25, -0.2) is 29.9 Å². The molecule has 4 heterocycles. The number of phenols is 1. The number of anilines is 4. The molecule has 18 heteroatoms. The largest absolute Gasteiger partial charge is 0.508 e. The van der Waals surface area contributed by atoms with Gasteiger partial charge in [0.2, 0.25) is 11.9 Å². The Labute approximate surface area is 294 Å². The number of ether oxygens (including phenoxy) is 1. The molecule has 0 spiro atoms. The van der Waals surface area contributed by atoms with Crippen LogP contribution in [0.3, 0.4) is 0 Å². The molecule has 0 aliphatic heterocycles. The predicted molar refractivity (Wildman–Crippen MR) is 181 cm³/mol. The van der Waals surface area contributed by atoms with Crippen molar-refractivity contribution in [3.63, 3.8) is 0 Å². The molecule has 0 aliphatic carbocycles. The molecule has 0 unspecified atom stereocenters. The zero-order chi connectivity index (χ0) is 36.7. The van der Waals surface area contributed by atoms with E-state index in [1.165, 1.54) is 42.0 Å². The van der Waals surface area contributed by atoms with Crippen LogP contribution in [0.15, 0.2) is 54.7 Å². The van der Waals surface area contributed by atoms with E-state index >= 15 is 0 Å². The van der Waals surface area contributed by atoms with E-state index in [0.717, 1.165) is 39.7 Å². The molecule has 3 N–H and O–H groups in total. The lowest BCUT2D eigenvalue weighted by atomic mass is 10.2. The van der Waals surface area contributed by atoms with Gasteiger partial charge in [0, 0.05) is 45.9 Å². The Morgan fingerprint density at radius 3 is 2.00 bits per heavy atom. The van der Waals surface area contributed by atoms with Crippen LogP contribution in [0.1, 0.15) is 38.0 Å². The van der Waals surface area contributed by atoms with Gasteiger partial charge in [-0.3, -0.25) is 0 Å². The number of alkyl halides is 6. The minimum absolute atomic E-state index is 0.00279. The van der Waals surface area contributed by atoms with Gasteiger partial charge in [-0.15, -0.1) is 22.7 Å². The normalized spacial score (nSPS) is 11.9. The second-order valence-corrected chi connectivity index (χ2v) is 13.4. The number of methoxy groups -OCH3 is 1. The lowest BCUT2D eigenvalue weighted by Crippen LogP contribution is -2.07. The summed E-state index contributed by atoms with van der Waals surface area (Å²) >= 11 is 2.71. The van der Waals surface area contributed by atoms with E-state index in [1.807, 2.05) is 13.8 Å². The molecule has 10 nitrogen and oxygen atoms in total. The van der Waals surface area contributed by atoms with Crippen molar-refractivity contribution in [3.8, 4) is 32.9 Å². The highest BCUT2D eigenvalue weighted by Crippen LogP contribution is 2.37. The van der Waals surface area contributed by atoms with Gasteiger partial charge in [0.15, 0.2) is 0 Å². The highest BCUT2D eigenvalue weighted by molar-refractivity contribution is 7.15. The molecule has 0 saturated heterocycles. The van der Waals surface area contributed by atoms with E-state index in [-0.39, 0.29) is 35.4 Å². The Kier molecular flexibility index (Phi) is 9.56. The minimum Gasteiger partial charge on any atom is -0.508 e. The number of benzene rings is 2. The monoisotopic (exact) mass is 744 g/mol. The number of halogens is 6. The van der Waals surface area contributed by atoms with Crippen molar-refractivity contribution >= 4 is 45.9 Å². The number of phenolic OH excluding ortho intramolecular Hbond substituents is 1. The van der Waals surface area contributed by atoms with E-state index in [1.54, 1.807) is 19.1 Å². The SMILES string of the molecule is COc1cc(Nc2nccc(-c3nc(C)c(Cc4cc(-c5nc(C)c(C)s5)nc(Nc5cc(O)cc(C(F)(F)F)c5)n4)s3)n2)cc(C(F)(F)F)c1. The van der Waals surface area contributed by atoms with Gasteiger partial charge >= 0.3 is 12.4 Å². The third-order valence-electron chi connectivity index (χ3n) is 7.36. The van der Waals surface area contributed by atoms with Crippen LogP contribution >= 0.6 is 22.7 Å². The van der Waals surface area contributed by atoms with E-state index in [0.29, 0.717) is 38.9 Å². The smallest absolute Gasteiger partial charge is 0.416 e. The van der Waals surface area contributed by atoms with Crippen LogP contribution in [0.25, 0.3) is 21.4 Å². The fourth-order valence-corrected chi connectivity index (χ4v) is 6.72. The average Bonchev–Trinajstić information content (AvgIpc) is 3.59. The number of aromatic nitrogens is 6. The van der Waals surface area contributed by atoms with Gasteiger partial charge in [-0.2, -0.15) is 26.3 Å². The van der Waals surface area contributed by atoms with Gasteiger partial charge in [0.05, 0.1) is 35.3 Å². The summed E-state index contributed by atoms with van der Waals surface area (Å²) < 4.78 is 85.7. The van der Waals surface area contributed by atoms with Crippen molar-refractivity contribution in [1.82, 2.24) is 29.9 Å². The van der Waals surface area contributed by atoms with E-state index in [4.69, 9.17) is 4.74 Å². The summed E-state index contributed by atoms with van der Waals surface area (Å²) in [6.45, 7) is 5.56. The maximum atomic E-state index is 13.4. The second-order valence-electron chi connectivity index (χ2n) is 11.2. The number of nitrogens with zero attached hydrogens (tertiary/aromatic N) is 6. The molecule has 0 radical (unpaired) electrons. The first-order valence-electron chi connectivity index (χ1n) is 14.9. The molecule has 51 heavy (non-hydrogen) atoms. The standard InChI is InChI=1S/C33H26F6N8O2S2/c1-15-17(3)50-29(41-15)26-13-22(45-31(47-26)44-20-7-18(32(34,35)36)9-23(48)11-20)14-27-16(2)42-28(51-27)25-5-6-40-30(46-25)43-21-8-19(33(37,38)39)10-24(12-21)49-4/h5-13,48H,14H2,1-4H3,(H,40,43,46)(H,44,45,47). The van der Waals surface area contributed by atoms with Crippen LogP contribution in [-0.2, 0) is 18.8 Å². The Morgan fingerprint density at radius 2 is 1.33 bits per heavy atom. The fraction of sp³-hybridized carbons (Fsp3) is 0.212. The van der Waals surface area contributed by atoms with Crippen molar-refractivity contribution < 1.29 is 36.2 Å². The molecule has 0 fully saturated rings. The van der Waals surface area contributed by atoms with Crippen molar-refractivity contribution in [2.45, 2.75) is 39.5 Å². The lowest BCUT2D eigenvalue weighted by molar-refractivity contribution is -0.138. The van der Waals surface area contributed by atoms with Crippen molar-refractivity contribution in [2.75, 3.05) is 17.7 Å². The molecule has 0 atom stereocenters. The molecule has 264 valence electrons. The van der Waals surface area contributed by atoms with Crippen LogP contribution in [0, 0.1) is 20.8 Å². The fourth-order valence-electron chi connectivity index (χ4n) is 4.80. The molecule has 0 saturated carbocycles. The number of thiazole rings is 2. The second kappa shape index (κ2) is 13.7. The molecular formula is C33H26F6N8O2S2. The molecule has 6 aromatic rings. The van der Waals surface area contributed by atoms with Gasteiger partial charge in [-0.05, 0) is 57.2 Å². The maximum absolute atomic E-state index is 13.4. The topological polar surface area (TPSA) is 131 Å². The Morgan fingerprint density at radius 1 is 0.706 bits per heavy atom. The first-order chi connectivity index (χ1) is 24.0.